The molecule has 1 saturated heterocycles. The van der Waals surface area contributed by atoms with Gasteiger partial charge in [-0.2, -0.15) is 5.26 Å². The fraction of sp³-hybridized carbons (Fsp3) is 0.556. The van der Waals surface area contributed by atoms with Crippen molar-refractivity contribution in [1.82, 2.24) is 9.62 Å². The molecular formula is C18H24N4O4S. The van der Waals surface area contributed by atoms with Crippen molar-refractivity contribution in [2.45, 2.75) is 43.0 Å². The fourth-order valence-corrected chi connectivity index (χ4v) is 5.08. The van der Waals surface area contributed by atoms with Gasteiger partial charge < -0.3 is 15.0 Å². The molecule has 27 heavy (non-hydrogen) atoms. The van der Waals surface area contributed by atoms with Gasteiger partial charge in [0, 0.05) is 30.7 Å². The summed E-state index contributed by atoms with van der Waals surface area (Å²) in [5.74, 6) is 0.117. The van der Waals surface area contributed by atoms with Crippen molar-refractivity contribution < 1.29 is 17.9 Å². The van der Waals surface area contributed by atoms with E-state index in [2.05, 4.69) is 10.0 Å². The summed E-state index contributed by atoms with van der Waals surface area (Å²) in [6, 6.07) is 4.26. The predicted octanol–water partition coefficient (Wildman–Crippen LogP) is 1.66. The van der Waals surface area contributed by atoms with Gasteiger partial charge in [-0.05, 0) is 37.5 Å². The van der Waals surface area contributed by atoms with Crippen LogP contribution in [0.1, 0.15) is 32.1 Å². The first-order valence-electron chi connectivity index (χ1n) is 9.09. The highest BCUT2D eigenvalue weighted by atomic mass is 32.2. The first-order chi connectivity index (χ1) is 12.9. The molecule has 2 N–H and O–H groups in total. The molecule has 3 rings (SSSR count). The minimum Gasteiger partial charge on any atom is -0.495 e. The Morgan fingerprint density at radius 3 is 2.67 bits per heavy atom. The molecule has 0 radical (unpaired) electrons. The van der Waals surface area contributed by atoms with Crippen LogP contribution in [0, 0.1) is 17.4 Å². The second-order valence-electron chi connectivity index (χ2n) is 6.99. The van der Waals surface area contributed by atoms with Gasteiger partial charge in [0.05, 0.1) is 7.11 Å². The lowest BCUT2D eigenvalue weighted by molar-refractivity contribution is -0.119. The summed E-state index contributed by atoms with van der Waals surface area (Å²) in [6.45, 7) is 0.870. The lowest BCUT2D eigenvalue weighted by Crippen LogP contribution is -2.36. The fourth-order valence-electron chi connectivity index (χ4n) is 3.63. The zero-order chi connectivity index (χ0) is 19.4. The SMILES string of the molecule is COc1ccc(NC(=O)C2CCCC2)cc1S(=O)(=O)N[C@@H]1CCN(C#N)C1. The summed E-state index contributed by atoms with van der Waals surface area (Å²) in [5, 5.41) is 11.7. The van der Waals surface area contributed by atoms with E-state index in [1.807, 2.05) is 6.19 Å². The van der Waals surface area contributed by atoms with Crippen molar-refractivity contribution in [3.8, 4) is 11.9 Å². The van der Waals surface area contributed by atoms with E-state index < -0.39 is 10.0 Å². The number of rotatable bonds is 6. The second-order valence-corrected chi connectivity index (χ2v) is 8.67. The lowest BCUT2D eigenvalue weighted by Gasteiger charge is -2.17. The number of hydrogen-bond acceptors (Lipinski definition) is 6. The van der Waals surface area contributed by atoms with Crippen LogP contribution in [0.2, 0.25) is 0 Å². The molecule has 0 spiro atoms. The van der Waals surface area contributed by atoms with E-state index in [9.17, 15) is 13.2 Å². The van der Waals surface area contributed by atoms with Crippen LogP contribution >= 0.6 is 0 Å². The van der Waals surface area contributed by atoms with Gasteiger partial charge in [-0.1, -0.05) is 12.8 Å². The van der Waals surface area contributed by atoms with Gasteiger partial charge in [-0.3, -0.25) is 4.79 Å². The van der Waals surface area contributed by atoms with Gasteiger partial charge in [0.25, 0.3) is 0 Å². The Kier molecular flexibility index (Phi) is 5.87. The highest BCUT2D eigenvalue weighted by molar-refractivity contribution is 7.89. The summed E-state index contributed by atoms with van der Waals surface area (Å²) >= 11 is 0. The van der Waals surface area contributed by atoms with Crippen LogP contribution in [-0.2, 0) is 14.8 Å². The topological polar surface area (TPSA) is 112 Å². The average molecular weight is 392 g/mol. The minimum absolute atomic E-state index is 0.0132. The first kappa shape index (κ1) is 19.5. The number of anilines is 1. The van der Waals surface area contributed by atoms with Crippen LogP contribution in [0.3, 0.4) is 0 Å². The molecule has 1 aliphatic heterocycles. The molecule has 0 bridgehead atoms. The molecule has 2 aliphatic rings. The van der Waals surface area contributed by atoms with Gasteiger partial charge >= 0.3 is 0 Å². The predicted molar refractivity (Wildman–Crippen MR) is 99.5 cm³/mol. The molecule has 1 heterocycles. The van der Waals surface area contributed by atoms with Gasteiger partial charge in [-0.15, -0.1) is 0 Å². The third kappa shape index (κ3) is 4.51. The van der Waals surface area contributed by atoms with Crippen LogP contribution < -0.4 is 14.8 Å². The molecule has 2 fully saturated rings. The van der Waals surface area contributed by atoms with E-state index in [4.69, 9.17) is 10.00 Å². The smallest absolute Gasteiger partial charge is 0.244 e. The maximum atomic E-state index is 12.9. The minimum atomic E-state index is -3.86. The van der Waals surface area contributed by atoms with Crippen molar-refractivity contribution in [3.63, 3.8) is 0 Å². The number of sulfonamides is 1. The number of nitriles is 1. The number of benzene rings is 1. The van der Waals surface area contributed by atoms with Crippen LogP contribution in [0.25, 0.3) is 0 Å². The maximum Gasteiger partial charge on any atom is 0.244 e. The van der Waals surface area contributed by atoms with Crippen LogP contribution in [0.15, 0.2) is 23.1 Å². The summed E-state index contributed by atoms with van der Waals surface area (Å²) in [4.78, 5) is 13.8. The number of methoxy groups -OCH3 is 1. The number of hydrogen-bond donors (Lipinski definition) is 2. The van der Waals surface area contributed by atoms with Gasteiger partial charge in [0.1, 0.15) is 10.6 Å². The molecule has 9 heteroatoms. The molecule has 146 valence electrons. The highest BCUT2D eigenvalue weighted by Crippen LogP contribution is 2.30. The van der Waals surface area contributed by atoms with Crippen molar-refractivity contribution in [2.75, 3.05) is 25.5 Å². The van der Waals surface area contributed by atoms with E-state index in [1.165, 1.54) is 24.1 Å². The monoisotopic (exact) mass is 392 g/mol. The van der Waals surface area contributed by atoms with E-state index in [0.717, 1.165) is 25.7 Å². The maximum absolute atomic E-state index is 12.9. The van der Waals surface area contributed by atoms with E-state index in [-0.39, 0.29) is 28.5 Å². The summed E-state index contributed by atoms with van der Waals surface area (Å²) in [5.41, 5.74) is 0.429. The number of nitrogens with zero attached hydrogens (tertiary/aromatic N) is 2. The molecule has 1 aromatic rings. The third-order valence-electron chi connectivity index (χ3n) is 5.10. The third-order valence-corrected chi connectivity index (χ3v) is 6.64. The Balaban J connectivity index is 1.78. The largest absolute Gasteiger partial charge is 0.495 e. The number of carbonyl (C=O) groups is 1. The Hall–Kier alpha value is -2.31. The van der Waals surface area contributed by atoms with E-state index in [0.29, 0.717) is 25.2 Å². The average Bonchev–Trinajstić information content (AvgIpc) is 3.33. The molecule has 8 nitrogen and oxygen atoms in total. The Morgan fingerprint density at radius 1 is 1.30 bits per heavy atom. The molecule has 1 saturated carbocycles. The molecule has 1 atom stereocenters. The Labute approximate surface area is 159 Å². The second kappa shape index (κ2) is 8.15. The summed E-state index contributed by atoms with van der Waals surface area (Å²) < 4.78 is 33.5. The number of likely N-dealkylation sites (tertiary alicyclic amines) is 1. The number of amides is 1. The standard InChI is InChI=1S/C18H24N4O4S/c1-26-16-7-6-14(20-18(23)13-4-2-3-5-13)10-17(16)27(24,25)21-15-8-9-22(11-15)12-19/h6-7,10,13,15,21H,2-5,8-9,11H2,1H3,(H,20,23)/t15-/m1/s1. The number of ether oxygens (including phenoxy) is 1. The van der Waals surface area contributed by atoms with Gasteiger partial charge in [0.15, 0.2) is 6.19 Å². The highest BCUT2D eigenvalue weighted by Gasteiger charge is 2.29. The zero-order valence-electron chi connectivity index (χ0n) is 15.3. The molecule has 1 aromatic carbocycles. The quantitative estimate of drug-likeness (QED) is 0.712. The first-order valence-corrected chi connectivity index (χ1v) is 10.6. The van der Waals surface area contributed by atoms with E-state index in [1.54, 1.807) is 6.07 Å². The molecule has 0 aromatic heterocycles. The summed E-state index contributed by atoms with van der Waals surface area (Å²) in [7, 11) is -2.46. The number of nitrogens with one attached hydrogen (secondary N) is 2. The Bertz CT molecular complexity index is 843. The normalized spacial score (nSPS) is 20.4. The van der Waals surface area contributed by atoms with Crippen LogP contribution in [-0.4, -0.2) is 45.5 Å². The van der Waals surface area contributed by atoms with Crippen molar-refractivity contribution in [3.05, 3.63) is 18.2 Å². The molecule has 0 unspecified atom stereocenters. The van der Waals surface area contributed by atoms with Crippen molar-refractivity contribution >= 4 is 21.6 Å². The molecule has 1 aliphatic carbocycles. The zero-order valence-corrected chi connectivity index (χ0v) is 16.1. The van der Waals surface area contributed by atoms with Gasteiger partial charge in [0.2, 0.25) is 15.9 Å². The molecule has 1 amide bonds. The van der Waals surface area contributed by atoms with Gasteiger partial charge in [-0.25, -0.2) is 13.1 Å². The van der Waals surface area contributed by atoms with Crippen LogP contribution in [0.5, 0.6) is 5.75 Å². The molecular weight excluding hydrogens is 368 g/mol. The number of carbonyl (C=O) groups excluding carboxylic acids is 1. The van der Waals surface area contributed by atoms with Crippen molar-refractivity contribution in [2.24, 2.45) is 5.92 Å². The lowest BCUT2D eigenvalue weighted by atomic mass is 10.1. The van der Waals surface area contributed by atoms with Crippen LogP contribution in [0.4, 0.5) is 5.69 Å². The summed E-state index contributed by atoms with van der Waals surface area (Å²) in [6.07, 6.45) is 6.42. The van der Waals surface area contributed by atoms with Crippen molar-refractivity contribution in [1.29, 1.82) is 5.26 Å². The van der Waals surface area contributed by atoms with E-state index >= 15 is 0 Å². The Morgan fingerprint density at radius 2 is 2.04 bits per heavy atom.